The number of nitro groups is 1. The van der Waals surface area contributed by atoms with Crippen LogP contribution in [0.4, 0.5) is 5.69 Å². The molecular formula is C14H10BrNO3S. The molecule has 2 rings (SSSR count). The van der Waals surface area contributed by atoms with Crippen molar-refractivity contribution in [3.63, 3.8) is 0 Å². The van der Waals surface area contributed by atoms with E-state index in [1.807, 2.05) is 0 Å². The van der Waals surface area contributed by atoms with Gasteiger partial charge in [-0.15, -0.1) is 0 Å². The van der Waals surface area contributed by atoms with Gasteiger partial charge >= 0.3 is 0 Å². The van der Waals surface area contributed by atoms with Crippen LogP contribution in [0.3, 0.4) is 0 Å². The number of hydrogen-bond donors (Lipinski definition) is 0. The summed E-state index contributed by atoms with van der Waals surface area (Å²) >= 11 is 4.57. The molecule has 0 radical (unpaired) electrons. The number of benzene rings is 2. The summed E-state index contributed by atoms with van der Waals surface area (Å²) in [6, 6.07) is 11.8. The van der Waals surface area contributed by atoms with E-state index in [1.165, 1.54) is 24.8 Å². The molecule has 4 nitrogen and oxygen atoms in total. The standard InChI is InChI=1S/C14H10BrNO3S/c1-9(17)11-7-6-10(15)8-14(11)20-13-5-3-2-4-12(13)16(18)19/h2-8H,1H3. The predicted molar refractivity (Wildman–Crippen MR) is 81.4 cm³/mol. The zero-order chi connectivity index (χ0) is 14.7. The van der Waals surface area contributed by atoms with Crippen LogP contribution in [-0.2, 0) is 0 Å². The fourth-order valence-corrected chi connectivity index (χ4v) is 3.34. The van der Waals surface area contributed by atoms with Gasteiger partial charge in [-0.25, -0.2) is 0 Å². The van der Waals surface area contributed by atoms with Gasteiger partial charge in [0.1, 0.15) is 0 Å². The molecule has 0 N–H and O–H groups in total. The summed E-state index contributed by atoms with van der Waals surface area (Å²) in [4.78, 5) is 23.4. The third-order valence-electron chi connectivity index (χ3n) is 2.60. The van der Waals surface area contributed by atoms with Crippen molar-refractivity contribution in [2.24, 2.45) is 0 Å². The molecule has 2 aromatic carbocycles. The van der Waals surface area contributed by atoms with E-state index < -0.39 is 4.92 Å². The van der Waals surface area contributed by atoms with E-state index in [4.69, 9.17) is 0 Å². The zero-order valence-corrected chi connectivity index (χ0v) is 12.9. The summed E-state index contributed by atoms with van der Waals surface area (Å²) in [6.07, 6.45) is 0. The molecule has 0 saturated carbocycles. The predicted octanol–water partition coefficient (Wildman–Crippen LogP) is 4.71. The van der Waals surface area contributed by atoms with Crippen LogP contribution in [0.15, 0.2) is 56.7 Å². The second kappa shape index (κ2) is 6.19. The molecule has 0 bridgehead atoms. The molecule has 0 aliphatic heterocycles. The van der Waals surface area contributed by atoms with E-state index in [-0.39, 0.29) is 11.5 Å². The number of carbonyl (C=O) groups is 1. The van der Waals surface area contributed by atoms with Gasteiger partial charge in [0.25, 0.3) is 5.69 Å². The minimum absolute atomic E-state index is 0.0342. The molecule has 6 heteroatoms. The average molecular weight is 352 g/mol. The van der Waals surface area contributed by atoms with Gasteiger partial charge in [-0.1, -0.05) is 39.8 Å². The maximum Gasteiger partial charge on any atom is 0.283 e. The number of para-hydroxylation sites is 1. The number of rotatable bonds is 4. The van der Waals surface area contributed by atoms with Crippen molar-refractivity contribution in [1.29, 1.82) is 0 Å². The first-order chi connectivity index (χ1) is 9.49. The maximum atomic E-state index is 11.6. The number of Topliss-reactive ketones (excluding diaryl/α,β-unsaturated/α-hetero) is 1. The molecule has 0 spiro atoms. The lowest BCUT2D eigenvalue weighted by molar-refractivity contribution is -0.387. The number of carbonyl (C=O) groups excluding carboxylic acids is 1. The third kappa shape index (κ3) is 3.26. The number of ketones is 1. The lowest BCUT2D eigenvalue weighted by atomic mass is 10.1. The van der Waals surface area contributed by atoms with Crippen molar-refractivity contribution in [1.82, 2.24) is 0 Å². The summed E-state index contributed by atoms with van der Waals surface area (Å²) in [6.45, 7) is 1.48. The van der Waals surface area contributed by atoms with E-state index in [2.05, 4.69) is 15.9 Å². The second-order valence-electron chi connectivity index (χ2n) is 4.02. The molecule has 102 valence electrons. The van der Waals surface area contributed by atoms with Gasteiger partial charge in [0.15, 0.2) is 5.78 Å². The normalized spacial score (nSPS) is 10.3. The Hall–Kier alpha value is -1.66. The third-order valence-corrected chi connectivity index (χ3v) is 4.22. The molecule has 0 amide bonds. The van der Waals surface area contributed by atoms with Gasteiger partial charge in [0, 0.05) is 21.0 Å². The van der Waals surface area contributed by atoms with Gasteiger partial charge in [0.05, 0.1) is 9.82 Å². The molecule has 0 atom stereocenters. The number of halogens is 1. The Balaban J connectivity index is 2.47. The Morgan fingerprint density at radius 3 is 2.55 bits per heavy atom. The maximum absolute atomic E-state index is 11.6. The summed E-state index contributed by atoms with van der Waals surface area (Å²) in [7, 11) is 0. The van der Waals surface area contributed by atoms with Crippen LogP contribution >= 0.6 is 27.7 Å². The molecule has 20 heavy (non-hydrogen) atoms. The van der Waals surface area contributed by atoms with E-state index in [1.54, 1.807) is 36.4 Å². The van der Waals surface area contributed by atoms with E-state index in [9.17, 15) is 14.9 Å². The number of nitrogens with zero attached hydrogens (tertiary/aromatic N) is 1. The topological polar surface area (TPSA) is 60.2 Å². The van der Waals surface area contributed by atoms with Crippen LogP contribution in [0.2, 0.25) is 0 Å². The smallest absolute Gasteiger partial charge is 0.283 e. The van der Waals surface area contributed by atoms with Crippen molar-refractivity contribution < 1.29 is 9.72 Å². The first-order valence-electron chi connectivity index (χ1n) is 5.71. The van der Waals surface area contributed by atoms with E-state index in [0.717, 1.165) is 4.47 Å². The fourth-order valence-electron chi connectivity index (χ4n) is 1.68. The van der Waals surface area contributed by atoms with Crippen molar-refractivity contribution in [2.45, 2.75) is 16.7 Å². The van der Waals surface area contributed by atoms with E-state index >= 15 is 0 Å². The molecular weight excluding hydrogens is 342 g/mol. The van der Waals surface area contributed by atoms with Crippen molar-refractivity contribution in [2.75, 3.05) is 0 Å². The van der Waals surface area contributed by atoms with Crippen LogP contribution in [0.1, 0.15) is 17.3 Å². The van der Waals surface area contributed by atoms with Crippen LogP contribution in [0.25, 0.3) is 0 Å². The number of hydrogen-bond acceptors (Lipinski definition) is 4. The molecule has 0 aromatic heterocycles. The zero-order valence-electron chi connectivity index (χ0n) is 10.5. The molecule has 0 unspecified atom stereocenters. The van der Waals surface area contributed by atoms with Gasteiger partial charge < -0.3 is 0 Å². The lowest BCUT2D eigenvalue weighted by Crippen LogP contribution is -1.96. The highest BCUT2D eigenvalue weighted by Crippen LogP contribution is 2.37. The first kappa shape index (κ1) is 14.7. The Bertz CT molecular complexity index is 688. The van der Waals surface area contributed by atoms with Gasteiger partial charge in [-0.2, -0.15) is 0 Å². The minimum atomic E-state index is -0.423. The highest BCUT2D eigenvalue weighted by Gasteiger charge is 2.16. The summed E-state index contributed by atoms with van der Waals surface area (Å²) < 4.78 is 0.823. The van der Waals surface area contributed by atoms with Gasteiger partial charge in [0.2, 0.25) is 0 Å². The fraction of sp³-hybridized carbons (Fsp3) is 0.0714. The van der Waals surface area contributed by atoms with E-state index in [0.29, 0.717) is 15.4 Å². The second-order valence-corrected chi connectivity index (χ2v) is 6.02. The molecule has 0 fully saturated rings. The molecule has 0 heterocycles. The Labute approximate surface area is 128 Å². The molecule has 0 aliphatic carbocycles. The largest absolute Gasteiger partial charge is 0.294 e. The lowest BCUT2D eigenvalue weighted by Gasteiger charge is -2.07. The van der Waals surface area contributed by atoms with Gasteiger partial charge in [-0.3, -0.25) is 14.9 Å². The van der Waals surface area contributed by atoms with Crippen molar-refractivity contribution in [3.8, 4) is 0 Å². The van der Waals surface area contributed by atoms with Crippen LogP contribution in [0.5, 0.6) is 0 Å². The average Bonchev–Trinajstić information content (AvgIpc) is 2.38. The van der Waals surface area contributed by atoms with Crippen LogP contribution in [0, 0.1) is 10.1 Å². The minimum Gasteiger partial charge on any atom is -0.294 e. The van der Waals surface area contributed by atoms with Crippen LogP contribution in [-0.4, -0.2) is 10.7 Å². The SMILES string of the molecule is CC(=O)c1ccc(Br)cc1Sc1ccccc1[N+](=O)[O-]. The monoisotopic (exact) mass is 351 g/mol. The molecule has 0 saturated heterocycles. The molecule has 0 aliphatic rings. The quantitative estimate of drug-likeness (QED) is 0.454. The Morgan fingerprint density at radius 1 is 1.20 bits per heavy atom. The summed E-state index contributed by atoms with van der Waals surface area (Å²) in [5.74, 6) is -0.0708. The first-order valence-corrected chi connectivity index (χ1v) is 7.31. The van der Waals surface area contributed by atoms with Crippen LogP contribution < -0.4 is 0 Å². The summed E-state index contributed by atoms with van der Waals surface area (Å²) in [5.41, 5.74) is 0.586. The molecule has 2 aromatic rings. The van der Waals surface area contributed by atoms with Crippen molar-refractivity contribution in [3.05, 3.63) is 62.6 Å². The Kier molecular flexibility index (Phi) is 4.57. The van der Waals surface area contributed by atoms with Gasteiger partial charge in [-0.05, 0) is 31.2 Å². The van der Waals surface area contributed by atoms with Crippen molar-refractivity contribution >= 4 is 39.2 Å². The Morgan fingerprint density at radius 2 is 1.90 bits per heavy atom. The highest BCUT2D eigenvalue weighted by molar-refractivity contribution is 9.10. The number of nitro benzene ring substituents is 1. The summed E-state index contributed by atoms with van der Waals surface area (Å²) in [5, 5.41) is 11.0. The highest BCUT2D eigenvalue weighted by atomic mass is 79.9.